The molecule has 0 aliphatic heterocycles. The summed E-state index contributed by atoms with van der Waals surface area (Å²) in [6, 6.07) is 5.72. The summed E-state index contributed by atoms with van der Waals surface area (Å²) in [6.45, 7) is 2.82. The highest BCUT2D eigenvalue weighted by Gasteiger charge is 2.31. The Morgan fingerprint density at radius 2 is 2.11 bits per heavy atom. The minimum atomic E-state index is -0.582. The van der Waals surface area contributed by atoms with Crippen LogP contribution in [0.15, 0.2) is 22.7 Å². The van der Waals surface area contributed by atoms with E-state index in [-0.39, 0.29) is 0 Å². The predicted molar refractivity (Wildman–Crippen MR) is 79.6 cm³/mol. The lowest BCUT2D eigenvalue weighted by atomic mass is 9.79. The summed E-state index contributed by atoms with van der Waals surface area (Å²) in [5, 5.41) is 13.8. The van der Waals surface area contributed by atoms with Gasteiger partial charge in [-0.3, -0.25) is 0 Å². The van der Waals surface area contributed by atoms with Crippen LogP contribution in [0.2, 0.25) is 0 Å². The second-order valence-corrected chi connectivity index (χ2v) is 6.41. The van der Waals surface area contributed by atoms with Crippen molar-refractivity contribution < 1.29 is 5.11 Å². The zero-order chi connectivity index (χ0) is 13.2. The molecule has 0 heterocycles. The van der Waals surface area contributed by atoms with Gasteiger partial charge in [-0.2, -0.15) is 0 Å². The van der Waals surface area contributed by atoms with Crippen LogP contribution in [-0.2, 0) is 0 Å². The van der Waals surface area contributed by atoms with Crippen LogP contribution >= 0.6 is 15.9 Å². The van der Waals surface area contributed by atoms with Gasteiger partial charge in [0.1, 0.15) is 0 Å². The Bertz CT molecular complexity index is 414. The van der Waals surface area contributed by atoms with Crippen LogP contribution < -0.4 is 11.1 Å². The van der Waals surface area contributed by atoms with Gasteiger partial charge in [0, 0.05) is 11.0 Å². The standard InChI is InChI=1S/C14H21BrN2O/c1-10-4-6-14(18,7-5-10)9-17-13-8-11(15)2-3-12(13)16/h2-3,8,10,17-18H,4-7,9,16H2,1H3. The molecular formula is C14H21BrN2O. The van der Waals surface area contributed by atoms with Crippen molar-refractivity contribution in [2.24, 2.45) is 5.92 Å². The molecule has 1 aromatic carbocycles. The number of rotatable bonds is 3. The van der Waals surface area contributed by atoms with Gasteiger partial charge >= 0.3 is 0 Å². The first-order chi connectivity index (χ1) is 8.48. The summed E-state index contributed by atoms with van der Waals surface area (Å²) >= 11 is 3.43. The molecule has 1 saturated carbocycles. The molecule has 0 radical (unpaired) electrons. The predicted octanol–water partition coefficient (Wildman–Crippen LogP) is 3.38. The molecule has 4 N–H and O–H groups in total. The molecule has 0 saturated heterocycles. The van der Waals surface area contributed by atoms with Crippen molar-refractivity contribution in [3.8, 4) is 0 Å². The highest BCUT2D eigenvalue weighted by atomic mass is 79.9. The summed E-state index contributed by atoms with van der Waals surface area (Å²) in [7, 11) is 0. The number of nitrogens with two attached hydrogens (primary N) is 1. The minimum Gasteiger partial charge on any atom is -0.397 e. The van der Waals surface area contributed by atoms with Crippen molar-refractivity contribution in [3.63, 3.8) is 0 Å². The molecule has 18 heavy (non-hydrogen) atoms. The lowest BCUT2D eigenvalue weighted by molar-refractivity contribution is 0.00502. The fourth-order valence-electron chi connectivity index (χ4n) is 2.42. The molecule has 1 aromatic rings. The Morgan fingerprint density at radius 1 is 1.44 bits per heavy atom. The number of halogens is 1. The minimum absolute atomic E-state index is 0.570. The zero-order valence-electron chi connectivity index (χ0n) is 10.7. The lowest BCUT2D eigenvalue weighted by Crippen LogP contribution is -2.40. The fourth-order valence-corrected chi connectivity index (χ4v) is 2.78. The van der Waals surface area contributed by atoms with E-state index in [0.717, 1.165) is 41.8 Å². The first kappa shape index (κ1) is 13.7. The Kier molecular flexibility index (Phi) is 4.17. The first-order valence-corrected chi connectivity index (χ1v) is 7.29. The first-order valence-electron chi connectivity index (χ1n) is 6.50. The third-order valence-corrected chi connectivity index (χ3v) is 4.32. The van der Waals surface area contributed by atoms with Crippen molar-refractivity contribution in [1.82, 2.24) is 0 Å². The Hall–Kier alpha value is -0.740. The quantitative estimate of drug-likeness (QED) is 0.750. The summed E-state index contributed by atoms with van der Waals surface area (Å²) in [5.41, 5.74) is 6.92. The highest BCUT2D eigenvalue weighted by Crippen LogP contribution is 2.32. The number of nitrogen functional groups attached to an aromatic ring is 1. The van der Waals surface area contributed by atoms with E-state index in [1.54, 1.807) is 0 Å². The normalized spacial score (nSPS) is 28.1. The molecule has 0 amide bonds. The molecule has 3 nitrogen and oxygen atoms in total. The van der Waals surface area contributed by atoms with E-state index in [2.05, 4.69) is 28.2 Å². The molecule has 2 rings (SSSR count). The Labute approximate surface area is 117 Å². The smallest absolute Gasteiger partial charge is 0.0819 e. The number of nitrogens with one attached hydrogen (secondary N) is 1. The topological polar surface area (TPSA) is 58.3 Å². The second-order valence-electron chi connectivity index (χ2n) is 5.49. The summed E-state index contributed by atoms with van der Waals surface area (Å²) in [6.07, 6.45) is 3.95. The van der Waals surface area contributed by atoms with Crippen LogP contribution in [0.3, 0.4) is 0 Å². The van der Waals surface area contributed by atoms with Crippen LogP contribution in [0.25, 0.3) is 0 Å². The van der Waals surface area contributed by atoms with Crippen molar-refractivity contribution in [2.75, 3.05) is 17.6 Å². The van der Waals surface area contributed by atoms with Crippen molar-refractivity contribution in [1.29, 1.82) is 0 Å². The van der Waals surface area contributed by atoms with Gasteiger partial charge in [-0.1, -0.05) is 22.9 Å². The maximum atomic E-state index is 10.5. The molecule has 1 aliphatic rings. The van der Waals surface area contributed by atoms with E-state index in [9.17, 15) is 5.11 Å². The summed E-state index contributed by atoms with van der Waals surface area (Å²) in [5.74, 6) is 0.737. The van der Waals surface area contributed by atoms with Gasteiger partial charge in [0.25, 0.3) is 0 Å². The maximum Gasteiger partial charge on any atom is 0.0819 e. The molecule has 0 spiro atoms. The highest BCUT2D eigenvalue weighted by molar-refractivity contribution is 9.10. The van der Waals surface area contributed by atoms with Crippen molar-refractivity contribution in [2.45, 2.75) is 38.2 Å². The molecule has 0 atom stereocenters. The SMILES string of the molecule is CC1CCC(O)(CNc2cc(Br)ccc2N)CC1. The molecule has 100 valence electrons. The van der Waals surface area contributed by atoms with Crippen molar-refractivity contribution >= 4 is 27.3 Å². The van der Waals surface area contributed by atoms with Crippen LogP contribution in [0, 0.1) is 5.92 Å². The molecular weight excluding hydrogens is 292 g/mol. The van der Waals surface area contributed by atoms with Gasteiger partial charge in [-0.25, -0.2) is 0 Å². The molecule has 1 aliphatic carbocycles. The van der Waals surface area contributed by atoms with E-state index in [1.165, 1.54) is 0 Å². The van der Waals surface area contributed by atoms with Gasteiger partial charge in [0.05, 0.1) is 17.0 Å². The summed E-state index contributed by atoms with van der Waals surface area (Å²) < 4.78 is 0.989. The largest absolute Gasteiger partial charge is 0.397 e. The third kappa shape index (κ3) is 3.39. The van der Waals surface area contributed by atoms with E-state index >= 15 is 0 Å². The number of benzene rings is 1. The number of anilines is 2. The van der Waals surface area contributed by atoms with Gasteiger partial charge in [0.15, 0.2) is 0 Å². The maximum absolute atomic E-state index is 10.5. The van der Waals surface area contributed by atoms with Crippen LogP contribution in [-0.4, -0.2) is 17.3 Å². The number of aliphatic hydroxyl groups is 1. The van der Waals surface area contributed by atoms with E-state index in [4.69, 9.17) is 5.73 Å². The molecule has 0 bridgehead atoms. The van der Waals surface area contributed by atoms with E-state index in [0.29, 0.717) is 12.2 Å². The fraction of sp³-hybridized carbons (Fsp3) is 0.571. The average molecular weight is 313 g/mol. The van der Waals surface area contributed by atoms with Gasteiger partial charge in [-0.05, 0) is 49.8 Å². The van der Waals surface area contributed by atoms with E-state index < -0.39 is 5.60 Å². The monoisotopic (exact) mass is 312 g/mol. The molecule has 1 fully saturated rings. The Morgan fingerprint density at radius 3 is 2.78 bits per heavy atom. The Balaban J connectivity index is 1.96. The van der Waals surface area contributed by atoms with Crippen LogP contribution in [0.5, 0.6) is 0 Å². The molecule has 0 unspecified atom stereocenters. The lowest BCUT2D eigenvalue weighted by Gasteiger charge is -2.35. The molecule has 0 aromatic heterocycles. The van der Waals surface area contributed by atoms with Gasteiger partial charge in [0.2, 0.25) is 0 Å². The van der Waals surface area contributed by atoms with Crippen molar-refractivity contribution in [3.05, 3.63) is 22.7 Å². The summed E-state index contributed by atoms with van der Waals surface area (Å²) in [4.78, 5) is 0. The van der Waals surface area contributed by atoms with Crippen LogP contribution in [0.1, 0.15) is 32.6 Å². The number of hydrogen-bond acceptors (Lipinski definition) is 3. The second kappa shape index (κ2) is 5.49. The van der Waals surface area contributed by atoms with Crippen LogP contribution in [0.4, 0.5) is 11.4 Å². The zero-order valence-corrected chi connectivity index (χ0v) is 12.3. The number of hydrogen-bond donors (Lipinski definition) is 3. The van der Waals surface area contributed by atoms with Gasteiger partial charge < -0.3 is 16.2 Å². The molecule has 4 heteroatoms. The average Bonchev–Trinajstić information content (AvgIpc) is 2.35. The third-order valence-electron chi connectivity index (χ3n) is 3.83. The van der Waals surface area contributed by atoms with E-state index in [1.807, 2.05) is 18.2 Å². The van der Waals surface area contributed by atoms with Gasteiger partial charge in [-0.15, -0.1) is 0 Å².